The largest absolute Gasteiger partial charge is 0.457 e. The van der Waals surface area contributed by atoms with Gasteiger partial charge in [-0.1, -0.05) is 23.2 Å². The predicted molar refractivity (Wildman–Crippen MR) is 107 cm³/mol. The van der Waals surface area contributed by atoms with E-state index in [1.54, 1.807) is 36.3 Å². The van der Waals surface area contributed by atoms with Crippen molar-refractivity contribution in [3.63, 3.8) is 0 Å². The third kappa shape index (κ3) is 4.55. The third-order valence-electron chi connectivity index (χ3n) is 4.47. The molecule has 0 radical (unpaired) electrons. The van der Waals surface area contributed by atoms with Gasteiger partial charge in [0, 0.05) is 18.7 Å². The predicted octanol–water partition coefficient (Wildman–Crippen LogP) is 4.29. The number of aromatic nitrogens is 3. The highest BCUT2D eigenvalue weighted by Crippen LogP contribution is 2.37. The van der Waals surface area contributed by atoms with E-state index >= 15 is 0 Å². The molecule has 29 heavy (non-hydrogen) atoms. The van der Waals surface area contributed by atoms with Crippen molar-refractivity contribution < 1.29 is 18.9 Å². The molecule has 0 aliphatic carbocycles. The van der Waals surface area contributed by atoms with Gasteiger partial charge in [0.2, 0.25) is 5.79 Å². The number of halogens is 2. The number of methoxy groups -OCH3 is 1. The minimum Gasteiger partial charge on any atom is -0.457 e. The summed E-state index contributed by atoms with van der Waals surface area (Å²) in [6.07, 6.45) is 2.93. The number of hydrogen-bond donors (Lipinski definition) is 0. The Morgan fingerprint density at radius 3 is 2.62 bits per heavy atom. The Kier molecular flexibility index (Phi) is 6.03. The van der Waals surface area contributed by atoms with E-state index in [0.29, 0.717) is 41.3 Å². The molecule has 1 aliphatic rings. The molecule has 0 N–H and O–H groups in total. The highest BCUT2D eigenvalue weighted by atomic mass is 35.5. The minimum atomic E-state index is -0.987. The Hall–Kier alpha value is -2.16. The van der Waals surface area contributed by atoms with Crippen LogP contribution in [0.15, 0.2) is 55.1 Å². The second-order valence-corrected chi connectivity index (χ2v) is 7.37. The van der Waals surface area contributed by atoms with E-state index in [9.17, 15) is 0 Å². The smallest absolute Gasteiger partial charge is 0.215 e. The maximum atomic E-state index is 6.23. The molecule has 1 fully saturated rings. The van der Waals surface area contributed by atoms with Crippen molar-refractivity contribution in [3.8, 4) is 11.5 Å². The highest BCUT2D eigenvalue weighted by molar-refractivity contribution is 6.42. The van der Waals surface area contributed by atoms with Gasteiger partial charge in [0.15, 0.2) is 0 Å². The lowest BCUT2D eigenvalue weighted by Crippen LogP contribution is -2.34. The fraction of sp³-hybridized carbons (Fsp3) is 0.300. The van der Waals surface area contributed by atoms with E-state index in [1.165, 1.54) is 6.33 Å². The Balaban J connectivity index is 1.56. The van der Waals surface area contributed by atoms with Gasteiger partial charge in [-0.15, -0.1) is 0 Å². The summed E-state index contributed by atoms with van der Waals surface area (Å²) in [4.78, 5) is 3.99. The van der Waals surface area contributed by atoms with Crippen LogP contribution in [-0.4, -0.2) is 41.2 Å². The summed E-state index contributed by atoms with van der Waals surface area (Å²) < 4.78 is 25.1. The number of nitrogens with zero attached hydrogens (tertiary/aromatic N) is 3. The van der Waals surface area contributed by atoms with Gasteiger partial charge in [0.1, 0.15) is 36.8 Å². The van der Waals surface area contributed by atoms with Crippen LogP contribution in [0, 0.1) is 0 Å². The van der Waals surface area contributed by atoms with Crippen molar-refractivity contribution in [2.24, 2.45) is 0 Å². The molecule has 2 atom stereocenters. The van der Waals surface area contributed by atoms with Crippen LogP contribution < -0.4 is 4.74 Å². The SMILES string of the molecule is COCC1COC(Cn2cncn2)(c2ccc(Oc3ccc(Cl)c(Cl)c3)cc2)O1. The Morgan fingerprint density at radius 1 is 1.14 bits per heavy atom. The first kappa shape index (κ1) is 20.1. The molecule has 2 heterocycles. The van der Waals surface area contributed by atoms with Gasteiger partial charge in [0.05, 0.1) is 23.3 Å². The summed E-state index contributed by atoms with van der Waals surface area (Å²) in [6.45, 7) is 1.22. The normalized spacial score (nSPS) is 21.4. The molecule has 1 aliphatic heterocycles. The zero-order valence-corrected chi connectivity index (χ0v) is 17.1. The van der Waals surface area contributed by atoms with Crippen LogP contribution in [0.5, 0.6) is 11.5 Å². The molecule has 2 aromatic carbocycles. The molecule has 1 saturated heterocycles. The summed E-state index contributed by atoms with van der Waals surface area (Å²) in [5, 5.41) is 5.09. The van der Waals surface area contributed by atoms with E-state index in [-0.39, 0.29) is 6.10 Å². The number of hydrogen-bond acceptors (Lipinski definition) is 6. The van der Waals surface area contributed by atoms with Gasteiger partial charge < -0.3 is 18.9 Å². The molecule has 7 nitrogen and oxygen atoms in total. The fourth-order valence-corrected chi connectivity index (χ4v) is 3.43. The van der Waals surface area contributed by atoms with Crippen LogP contribution in [0.3, 0.4) is 0 Å². The molecule has 3 aromatic rings. The van der Waals surface area contributed by atoms with Gasteiger partial charge >= 0.3 is 0 Å². The standard InChI is InChI=1S/C20H19Cl2N3O4/c1-26-9-17-10-27-20(29-17,11-25-13-23-12-24-25)14-2-4-15(5-3-14)28-16-6-7-18(21)19(22)8-16/h2-8,12-13,17H,9-11H2,1H3. The molecule has 4 rings (SSSR count). The maximum Gasteiger partial charge on any atom is 0.215 e. The second-order valence-electron chi connectivity index (χ2n) is 6.55. The van der Waals surface area contributed by atoms with Crippen LogP contribution in [0.25, 0.3) is 0 Å². The highest BCUT2D eigenvalue weighted by Gasteiger charge is 2.44. The van der Waals surface area contributed by atoms with E-state index in [1.807, 2.05) is 24.3 Å². The Morgan fingerprint density at radius 2 is 1.93 bits per heavy atom. The monoisotopic (exact) mass is 435 g/mol. The van der Waals surface area contributed by atoms with Crippen molar-refractivity contribution in [3.05, 3.63) is 70.7 Å². The molecule has 9 heteroatoms. The molecule has 152 valence electrons. The molecule has 2 unspecified atom stereocenters. The third-order valence-corrected chi connectivity index (χ3v) is 5.21. The van der Waals surface area contributed by atoms with Crippen LogP contribution in [0.4, 0.5) is 0 Å². The lowest BCUT2D eigenvalue weighted by atomic mass is 10.1. The topological polar surface area (TPSA) is 67.6 Å². The molecule has 0 spiro atoms. The van der Waals surface area contributed by atoms with Crippen molar-refractivity contribution in [1.29, 1.82) is 0 Å². The molecule has 1 aromatic heterocycles. The van der Waals surface area contributed by atoms with E-state index in [4.69, 9.17) is 42.1 Å². The lowest BCUT2D eigenvalue weighted by Gasteiger charge is -2.28. The first-order chi connectivity index (χ1) is 14.1. The summed E-state index contributed by atoms with van der Waals surface area (Å²) in [6, 6.07) is 12.6. The second kappa shape index (κ2) is 8.69. The quantitative estimate of drug-likeness (QED) is 0.551. The minimum absolute atomic E-state index is 0.171. The van der Waals surface area contributed by atoms with E-state index in [2.05, 4.69) is 10.1 Å². The first-order valence-corrected chi connectivity index (χ1v) is 9.70. The van der Waals surface area contributed by atoms with Crippen LogP contribution >= 0.6 is 23.2 Å². The van der Waals surface area contributed by atoms with Crippen molar-refractivity contribution in [2.45, 2.75) is 18.4 Å². The average molecular weight is 436 g/mol. The van der Waals surface area contributed by atoms with Gasteiger partial charge in [-0.3, -0.25) is 0 Å². The lowest BCUT2D eigenvalue weighted by molar-refractivity contribution is -0.192. The summed E-state index contributed by atoms with van der Waals surface area (Å²) in [5.74, 6) is 0.256. The number of ether oxygens (including phenoxy) is 4. The molecule has 0 bridgehead atoms. The average Bonchev–Trinajstić information content (AvgIpc) is 3.37. The van der Waals surface area contributed by atoms with Crippen LogP contribution in [-0.2, 0) is 26.5 Å². The summed E-state index contributed by atoms with van der Waals surface area (Å²) in [5.41, 5.74) is 0.841. The van der Waals surface area contributed by atoms with Crippen molar-refractivity contribution >= 4 is 23.2 Å². The Labute approximate surface area is 178 Å². The fourth-order valence-electron chi connectivity index (χ4n) is 3.14. The van der Waals surface area contributed by atoms with E-state index in [0.717, 1.165) is 5.56 Å². The Bertz CT molecular complexity index is 953. The zero-order valence-electron chi connectivity index (χ0n) is 15.6. The van der Waals surface area contributed by atoms with Crippen molar-refractivity contribution in [1.82, 2.24) is 14.8 Å². The van der Waals surface area contributed by atoms with Crippen LogP contribution in [0.2, 0.25) is 10.0 Å². The van der Waals surface area contributed by atoms with Gasteiger partial charge in [-0.2, -0.15) is 5.10 Å². The summed E-state index contributed by atoms with van der Waals surface area (Å²) >= 11 is 12.0. The van der Waals surface area contributed by atoms with Gasteiger partial charge in [-0.25, -0.2) is 9.67 Å². The maximum absolute atomic E-state index is 6.23. The van der Waals surface area contributed by atoms with Crippen LogP contribution in [0.1, 0.15) is 5.56 Å². The molecule has 0 saturated carbocycles. The van der Waals surface area contributed by atoms with E-state index < -0.39 is 5.79 Å². The first-order valence-electron chi connectivity index (χ1n) is 8.94. The number of rotatable bonds is 7. The molecular weight excluding hydrogens is 417 g/mol. The molecule has 0 amide bonds. The molecular formula is C20H19Cl2N3O4. The van der Waals surface area contributed by atoms with Gasteiger partial charge in [-0.05, 0) is 36.4 Å². The summed E-state index contributed by atoms with van der Waals surface area (Å²) in [7, 11) is 1.63. The zero-order chi connectivity index (χ0) is 20.3. The van der Waals surface area contributed by atoms with Gasteiger partial charge in [0.25, 0.3) is 0 Å². The van der Waals surface area contributed by atoms with Crippen molar-refractivity contribution in [2.75, 3.05) is 20.3 Å². The number of benzene rings is 2.